The lowest BCUT2D eigenvalue weighted by Crippen LogP contribution is -2.43. The molecule has 0 spiro atoms. The van der Waals surface area contributed by atoms with Crippen molar-refractivity contribution < 1.29 is 9.59 Å². The van der Waals surface area contributed by atoms with Gasteiger partial charge in [-0.1, -0.05) is 11.6 Å². The van der Waals surface area contributed by atoms with Gasteiger partial charge in [-0.3, -0.25) is 4.79 Å². The van der Waals surface area contributed by atoms with Gasteiger partial charge in [0.1, 0.15) is 12.4 Å². The average Bonchev–Trinajstić information content (AvgIpc) is 2.89. The van der Waals surface area contributed by atoms with Gasteiger partial charge in [0.05, 0.1) is 10.6 Å². The fourth-order valence-electron chi connectivity index (χ4n) is 4.77. The van der Waals surface area contributed by atoms with Crippen LogP contribution in [0.5, 0.6) is 0 Å². The lowest BCUT2D eigenvalue weighted by Gasteiger charge is -2.36. The number of carbonyl (C=O) groups is 2. The van der Waals surface area contributed by atoms with Gasteiger partial charge in [0.25, 0.3) is 5.91 Å². The van der Waals surface area contributed by atoms with Gasteiger partial charge in [-0.2, -0.15) is 5.26 Å². The van der Waals surface area contributed by atoms with E-state index in [4.69, 9.17) is 16.9 Å². The summed E-state index contributed by atoms with van der Waals surface area (Å²) in [5, 5.41) is 21.0. The maximum Gasteiger partial charge on any atom is 0.272 e. The fourth-order valence-corrected chi connectivity index (χ4v) is 4.99. The Labute approximate surface area is 204 Å². The van der Waals surface area contributed by atoms with E-state index in [-0.39, 0.29) is 17.9 Å². The number of nitriles is 1. The molecule has 9 heteroatoms. The first kappa shape index (κ1) is 24.0. The van der Waals surface area contributed by atoms with E-state index < -0.39 is 0 Å². The Balaban J connectivity index is 1.27. The Bertz CT molecular complexity index is 1050. The minimum Gasteiger partial charge on any atom is -0.372 e. The molecular formula is C25H29ClN6O2. The molecule has 1 aromatic carbocycles. The van der Waals surface area contributed by atoms with Crippen LogP contribution in [0.2, 0.25) is 5.02 Å². The molecule has 4 rings (SSSR count). The van der Waals surface area contributed by atoms with Gasteiger partial charge < -0.3 is 19.9 Å². The molecule has 0 unspecified atom stereocenters. The summed E-state index contributed by atoms with van der Waals surface area (Å²) in [5.74, 6) is 0.674. The highest BCUT2D eigenvalue weighted by atomic mass is 35.5. The molecule has 2 aliphatic rings. The van der Waals surface area contributed by atoms with Crippen LogP contribution in [0.25, 0.3) is 0 Å². The predicted octanol–water partition coefficient (Wildman–Crippen LogP) is 3.59. The van der Waals surface area contributed by atoms with Crippen LogP contribution in [0, 0.1) is 17.2 Å². The largest absolute Gasteiger partial charge is 0.372 e. The van der Waals surface area contributed by atoms with Crippen LogP contribution in [-0.2, 0) is 4.79 Å². The SMILES string of the molecule is CN(c1ccc(C#N)c(Cl)c1)[C@H]1CC[C@H](NC(=O)c2ccc(N3CCC(C=O)CC3)nn2)CC1. The maximum absolute atomic E-state index is 12.7. The molecule has 0 atom stereocenters. The van der Waals surface area contributed by atoms with Crippen molar-refractivity contribution in [3.63, 3.8) is 0 Å². The van der Waals surface area contributed by atoms with Gasteiger partial charge in [-0.25, -0.2) is 0 Å². The number of hydrogen-bond donors (Lipinski definition) is 1. The van der Waals surface area contributed by atoms with Crippen LogP contribution >= 0.6 is 11.6 Å². The zero-order valence-electron chi connectivity index (χ0n) is 19.3. The minimum absolute atomic E-state index is 0.102. The molecule has 2 aromatic rings. The third kappa shape index (κ3) is 5.48. The van der Waals surface area contributed by atoms with E-state index in [1.165, 1.54) is 0 Å². The number of aromatic nitrogens is 2. The van der Waals surface area contributed by atoms with Crippen molar-refractivity contribution in [2.75, 3.05) is 29.9 Å². The number of benzene rings is 1. The number of nitrogens with one attached hydrogen (secondary N) is 1. The van der Waals surface area contributed by atoms with Crippen molar-refractivity contribution in [3.8, 4) is 6.07 Å². The molecule has 0 radical (unpaired) electrons. The number of aldehydes is 1. The maximum atomic E-state index is 12.7. The summed E-state index contributed by atoms with van der Waals surface area (Å²) < 4.78 is 0. The number of nitrogens with zero attached hydrogens (tertiary/aromatic N) is 5. The van der Waals surface area contributed by atoms with E-state index in [2.05, 4.69) is 31.4 Å². The van der Waals surface area contributed by atoms with Gasteiger partial charge in [0.2, 0.25) is 0 Å². The summed E-state index contributed by atoms with van der Waals surface area (Å²) in [6, 6.07) is 11.6. The van der Waals surface area contributed by atoms with Crippen LogP contribution in [-0.4, -0.2) is 54.6 Å². The first-order valence-corrected chi connectivity index (χ1v) is 12.1. The molecule has 1 amide bonds. The van der Waals surface area contributed by atoms with Crippen molar-refractivity contribution >= 4 is 35.3 Å². The number of piperidine rings is 1. The van der Waals surface area contributed by atoms with Crippen molar-refractivity contribution in [1.82, 2.24) is 15.5 Å². The van der Waals surface area contributed by atoms with Gasteiger partial charge in [-0.15, -0.1) is 10.2 Å². The summed E-state index contributed by atoms with van der Waals surface area (Å²) in [7, 11) is 2.04. The van der Waals surface area contributed by atoms with Crippen molar-refractivity contribution in [1.29, 1.82) is 5.26 Å². The second-order valence-electron chi connectivity index (χ2n) is 9.10. The molecule has 1 aliphatic heterocycles. The van der Waals surface area contributed by atoms with Gasteiger partial charge in [0, 0.05) is 43.8 Å². The Hall–Kier alpha value is -3.18. The monoisotopic (exact) mass is 480 g/mol. The average molecular weight is 481 g/mol. The van der Waals surface area contributed by atoms with Gasteiger partial charge in [-0.05, 0) is 68.9 Å². The Morgan fingerprint density at radius 1 is 1.15 bits per heavy atom. The molecule has 1 aliphatic carbocycles. The molecular weight excluding hydrogens is 452 g/mol. The molecule has 2 heterocycles. The standard InChI is InChI=1S/C25H29ClN6O2/c1-31(21-5-2-18(15-27)22(26)14-21)20-6-3-19(4-7-20)28-25(34)23-8-9-24(30-29-23)32-12-10-17(16-33)11-13-32/h2,5,8-9,14,16-17,19-20H,3-4,6-7,10-13H2,1H3,(H,28,34)/t19-,20-. The molecule has 1 saturated carbocycles. The minimum atomic E-state index is -0.200. The van der Waals surface area contributed by atoms with E-state index in [0.29, 0.717) is 22.3 Å². The van der Waals surface area contributed by atoms with Crippen LogP contribution in [0.4, 0.5) is 11.5 Å². The normalized spacial score (nSPS) is 20.9. The van der Waals surface area contributed by atoms with E-state index in [0.717, 1.165) is 69.4 Å². The first-order chi connectivity index (χ1) is 16.5. The highest BCUT2D eigenvalue weighted by molar-refractivity contribution is 6.32. The first-order valence-electron chi connectivity index (χ1n) is 11.8. The zero-order chi connectivity index (χ0) is 24.1. The Morgan fingerprint density at radius 3 is 2.47 bits per heavy atom. The Kier molecular flexibility index (Phi) is 7.63. The molecule has 34 heavy (non-hydrogen) atoms. The number of hydrogen-bond acceptors (Lipinski definition) is 7. The second kappa shape index (κ2) is 10.8. The van der Waals surface area contributed by atoms with Crippen LogP contribution < -0.4 is 15.1 Å². The van der Waals surface area contributed by atoms with E-state index in [1.54, 1.807) is 12.1 Å². The molecule has 1 aromatic heterocycles. The summed E-state index contributed by atoms with van der Waals surface area (Å²) in [6.45, 7) is 1.55. The van der Waals surface area contributed by atoms with E-state index >= 15 is 0 Å². The molecule has 1 saturated heterocycles. The molecule has 1 N–H and O–H groups in total. The fraction of sp³-hybridized carbons (Fsp3) is 0.480. The summed E-state index contributed by atoms with van der Waals surface area (Å²) in [4.78, 5) is 27.9. The number of anilines is 2. The van der Waals surface area contributed by atoms with Crippen molar-refractivity contribution in [2.24, 2.45) is 5.92 Å². The van der Waals surface area contributed by atoms with Crippen LogP contribution in [0.1, 0.15) is 54.6 Å². The van der Waals surface area contributed by atoms with Gasteiger partial charge >= 0.3 is 0 Å². The second-order valence-corrected chi connectivity index (χ2v) is 9.51. The smallest absolute Gasteiger partial charge is 0.272 e. The third-order valence-electron chi connectivity index (χ3n) is 7.00. The number of halogens is 1. The van der Waals surface area contributed by atoms with Crippen LogP contribution in [0.15, 0.2) is 30.3 Å². The quantitative estimate of drug-likeness (QED) is 0.630. The number of carbonyl (C=O) groups excluding carboxylic acids is 2. The van der Waals surface area contributed by atoms with E-state index in [1.807, 2.05) is 25.2 Å². The highest BCUT2D eigenvalue weighted by Gasteiger charge is 2.26. The highest BCUT2D eigenvalue weighted by Crippen LogP contribution is 2.29. The third-order valence-corrected chi connectivity index (χ3v) is 7.31. The van der Waals surface area contributed by atoms with E-state index in [9.17, 15) is 9.59 Å². The topological polar surface area (TPSA) is 102 Å². The predicted molar refractivity (Wildman–Crippen MR) is 131 cm³/mol. The molecule has 2 fully saturated rings. The van der Waals surface area contributed by atoms with Gasteiger partial charge in [0.15, 0.2) is 11.5 Å². The zero-order valence-corrected chi connectivity index (χ0v) is 20.0. The summed E-state index contributed by atoms with van der Waals surface area (Å²) >= 11 is 6.19. The van der Waals surface area contributed by atoms with Crippen LogP contribution in [0.3, 0.4) is 0 Å². The Morgan fingerprint density at radius 2 is 1.88 bits per heavy atom. The lowest BCUT2D eigenvalue weighted by atomic mass is 9.90. The molecule has 178 valence electrons. The lowest BCUT2D eigenvalue weighted by molar-refractivity contribution is -0.111. The van der Waals surface area contributed by atoms with Crippen molar-refractivity contribution in [3.05, 3.63) is 46.6 Å². The number of amides is 1. The molecule has 0 bridgehead atoms. The molecule has 8 nitrogen and oxygen atoms in total. The number of rotatable bonds is 6. The summed E-state index contributed by atoms with van der Waals surface area (Å²) in [5.41, 5.74) is 1.78. The van der Waals surface area contributed by atoms with Crippen molar-refractivity contribution in [2.45, 2.75) is 50.6 Å². The summed E-state index contributed by atoms with van der Waals surface area (Å²) in [6.07, 6.45) is 6.32.